The first-order valence-corrected chi connectivity index (χ1v) is 19.3. The van der Waals surface area contributed by atoms with Gasteiger partial charge in [0.1, 0.15) is 0 Å². The summed E-state index contributed by atoms with van der Waals surface area (Å²) in [6.07, 6.45) is 9.64. The van der Waals surface area contributed by atoms with Gasteiger partial charge < -0.3 is 4.90 Å². The van der Waals surface area contributed by atoms with E-state index >= 15 is 0 Å². The predicted molar refractivity (Wildman–Crippen MR) is 217 cm³/mol. The largest absolute Gasteiger partial charge is 0.310 e. The van der Waals surface area contributed by atoms with Crippen molar-refractivity contribution in [2.75, 3.05) is 4.90 Å². The van der Waals surface area contributed by atoms with Crippen LogP contribution in [0, 0.1) is 0 Å². The van der Waals surface area contributed by atoms with Crippen LogP contribution in [-0.2, 0) is 31.1 Å². The van der Waals surface area contributed by atoms with Crippen molar-refractivity contribution in [1.82, 2.24) is 0 Å². The molecule has 7 aromatic rings. The lowest BCUT2D eigenvalue weighted by Crippen LogP contribution is -2.29. The molecule has 0 radical (unpaired) electrons. The van der Waals surface area contributed by atoms with E-state index in [2.05, 4.69) is 169 Å². The first kappa shape index (κ1) is 31.1. The lowest BCUT2D eigenvalue weighted by molar-refractivity contribution is 0.685. The smallest absolute Gasteiger partial charge is 0.0714 e. The van der Waals surface area contributed by atoms with Crippen molar-refractivity contribution >= 4 is 17.1 Å². The number of para-hydroxylation sites is 1. The minimum absolute atomic E-state index is 0.476. The van der Waals surface area contributed by atoms with E-state index < -0.39 is 5.41 Å². The summed E-state index contributed by atoms with van der Waals surface area (Å²) >= 11 is 0. The van der Waals surface area contributed by atoms with Gasteiger partial charge in [0, 0.05) is 16.9 Å². The summed E-state index contributed by atoms with van der Waals surface area (Å²) in [7, 11) is 0. The monoisotopic (exact) mass is 669 g/mol. The molecule has 0 aromatic heterocycles. The minimum atomic E-state index is -0.476. The molecule has 1 nitrogen and oxygen atoms in total. The molecule has 7 aromatic carbocycles. The first-order chi connectivity index (χ1) is 25.8. The normalized spacial score (nSPS) is 15.2. The molecule has 0 heterocycles. The zero-order valence-electron chi connectivity index (χ0n) is 29.7. The molecule has 52 heavy (non-hydrogen) atoms. The predicted octanol–water partition coefficient (Wildman–Crippen LogP) is 12.9. The van der Waals surface area contributed by atoms with Gasteiger partial charge in [0.05, 0.1) is 11.1 Å². The van der Waals surface area contributed by atoms with E-state index in [9.17, 15) is 0 Å². The van der Waals surface area contributed by atoms with Gasteiger partial charge in [-0.1, -0.05) is 133 Å². The lowest BCUT2D eigenvalue weighted by Gasteiger charge is -2.36. The van der Waals surface area contributed by atoms with Gasteiger partial charge in [-0.2, -0.15) is 0 Å². The topological polar surface area (TPSA) is 3.24 Å². The summed E-state index contributed by atoms with van der Waals surface area (Å²) in [5.41, 5.74) is 19.8. The van der Waals surface area contributed by atoms with Crippen molar-refractivity contribution in [3.05, 3.63) is 208 Å². The summed E-state index contributed by atoms with van der Waals surface area (Å²) in [6.45, 7) is 0. The zero-order valence-corrected chi connectivity index (χ0v) is 29.7. The molecule has 0 unspecified atom stereocenters. The number of nitrogens with zero attached hydrogens (tertiary/aromatic N) is 1. The highest BCUT2D eigenvalue weighted by molar-refractivity contribution is 5.97. The molecular weight excluding hydrogens is 627 g/mol. The second kappa shape index (κ2) is 12.8. The van der Waals surface area contributed by atoms with Gasteiger partial charge in [0.25, 0.3) is 0 Å². The van der Waals surface area contributed by atoms with Crippen LogP contribution >= 0.6 is 0 Å². The fourth-order valence-corrected chi connectivity index (χ4v) is 9.75. The highest BCUT2D eigenvalue weighted by atomic mass is 15.1. The molecule has 0 spiro atoms. The van der Waals surface area contributed by atoms with E-state index in [0.717, 1.165) is 19.3 Å². The van der Waals surface area contributed by atoms with Gasteiger partial charge >= 0.3 is 0 Å². The van der Waals surface area contributed by atoms with Gasteiger partial charge in [-0.15, -0.1) is 0 Å². The van der Waals surface area contributed by atoms with Crippen LogP contribution in [0.1, 0.15) is 70.2 Å². The Morgan fingerprint density at radius 2 is 1.02 bits per heavy atom. The SMILES string of the molecule is c1ccc(N(c2cc3c(cc2-c2ccc4c(c2)CCCC4)-c2ccccc2C3(c2ccccc2)c2ccccc2)c2cccc3c2CCCC3)cc1. The van der Waals surface area contributed by atoms with Gasteiger partial charge in [-0.25, -0.2) is 0 Å². The van der Waals surface area contributed by atoms with Crippen molar-refractivity contribution in [2.45, 2.75) is 56.8 Å². The van der Waals surface area contributed by atoms with Crippen molar-refractivity contribution in [3.63, 3.8) is 0 Å². The Bertz CT molecular complexity index is 2370. The maximum atomic E-state index is 2.60. The Morgan fingerprint density at radius 3 is 1.77 bits per heavy atom. The maximum absolute atomic E-state index is 2.60. The van der Waals surface area contributed by atoms with Gasteiger partial charge in [0.2, 0.25) is 0 Å². The Balaban J connectivity index is 1.34. The first-order valence-electron chi connectivity index (χ1n) is 19.3. The van der Waals surface area contributed by atoms with E-state index in [-0.39, 0.29) is 0 Å². The van der Waals surface area contributed by atoms with Crippen LogP contribution in [0.2, 0.25) is 0 Å². The van der Waals surface area contributed by atoms with Crippen LogP contribution in [0.5, 0.6) is 0 Å². The second-order valence-electron chi connectivity index (χ2n) is 14.9. The summed E-state index contributed by atoms with van der Waals surface area (Å²) in [4.78, 5) is 2.60. The number of rotatable bonds is 6. The van der Waals surface area contributed by atoms with E-state index in [4.69, 9.17) is 0 Å². The fraction of sp³-hybridized carbons (Fsp3) is 0.176. The number of hydrogen-bond acceptors (Lipinski definition) is 1. The molecule has 252 valence electrons. The van der Waals surface area contributed by atoms with Crippen molar-refractivity contribution in [3.8, 4) is 22.3 Å². The number of benzene rings is 7. The molecule has 3 aliphatic carbocycles. The summed E-state index contributed by atoms with van der Waals surface area (Å²) in [5, 5.41) is 0. The molecule has 0 bridgehead atoms. The molecule has 0 amide bonds. The zero-order chi connectivity index (χ0) is 34.5. The molecule has 0 saturated carbocycles. The van der Waals surface area contributed by atoms with Gasteiger partial charge in [-0.05, 0) is 143 Å². The van der Waals surface area contributed by atoms with Crippen molar-refractivity contribution in [1.29, 1.82) is 0 Å². The lowest BCUT2D eigenvalue weighted by atomic mass is 9.67. The third kappa shape index (κ3) is 4.90. The van der Waals surface area contributed by atoms with Crippen LogP contribution in [0.25, 0.3) is 22.3 Å². The third-order valence-electron chi connectivity index (χ3n) is 12.1. The molecule has 0 N–H and O–H groups in total. The molecule has 3 aliphatic rings. The van der Waals surface area contributed by atoms with Gasteiger partial charge in [-0.3, -0.25) is 0 Å². The van der Waals surface area contributed by atoms with Crippen LogP contribution < -0.4 is 4.90 Å². The summed E-state index contributed by atoms with van der Waals surface area (Å²) in [6, 6.07) is 62.2. The van der Waals surface area contributed by atoms with Gasteiger partial charge in [0.15, 0.2) is 0 Å². The van der Waals surface area contributed by atoms with Crippen LogP contribution in [0.3, 0.4) is 0 Å². The number of anilines is 3. The molecular formula is C51H43N. The molecule has 1 heteroatoms. The quantitative estimate of drug-likeness (QED) is 0.170. The molecule has 0 fully saturated rings. The fourth-order valence-electron chi connectivity index (χ4n) is 9.75. The van der Waals surface area contributed by atoms with Crippen molar-refractivity contribution < 1.29 is 0 Å². The molecule has 0 aliphatic heterocycles. The minimum Gasteiger partial charge on any atom is -0.310 e. The standard InChI is InChI=1S/C51H43N/c1-4-21-40(22-5-1)51(41-23-6-2-7-24-41)47-29-15-14-28-44(47)46-34-45(39-32-31-36-17-10-11-19-38(36)33-39)50(35-48(46)51)52(42-25-8-3-9-26-42)49-30-16-20-37-18-12-13-27-43(37)49/h1-9,14-16,20-26,28-35H,10-13,17-19,27H2. The number of aryl methyl sites for hydroxylation is 3. The Morgan fingerprint density at radius 1 is 0.385 bits per heavy atom. The van der Waals surface area contributed by atoms with Crippen LogP contribution in [0.15, 0.2) is 164 Å². The van der Waals surface area contributed by atoms with E-state index in [0.29, 0.717) is 0 Å². The van der Waals surface area contributed by atoms with E-state index in [1.165, 1.54) is 116 Å². The Hall–Kier alpha value is -5.66. The van der Waals surface area contributed by atoms with Crippen LogP contribution in [-0.4, -0.2) is 0 Å². The number of fused-ring (bicyclic) bond motifs is 5. The van der Waals surface area contributed by atoms with Crippen LogP contribution in [0.4, 0.5) is 17.1 Å². The second-order valence-corrected chi connectivity index (χ2v) is 14.9. The number of hydrogen-bond donors (Lipinski definition) is 0. The average molecular weight is 670 g/mol. The van der Waals surface area contributed by atoms with E-state index in [1.54, 1.807) is 0 Å². The third-order valence-corrected chi connectivity index (χ3v) is 12.1. The molecule has 0 saturated heterocycles. The maximum Gasteiger partial charge on any atom is 0.0714 e. The van der Waals surface area contributed by atoms with Crippen molar-refractivity contribution in [2.24, 2.45) is 0 Å². The summed E-state index contributed by atoms with van der Waals surface area (Å²) in [5.74, 6) is 0. The van der Waals surface area contributed by atoms with E-state index in [1.807, 2.05) is 0 Å². The summed E-state index contributed by atoms with van der Waals surface area (Å²) < 4.78 is 0. The molecule has 0 atom stereocenters. The highest BCUT2D eigenvalue weighted by Crippen LogP contribution is 2.59. The Labute approximate surface area is 308 Å². The Kier molecular flexibility index (Phi) is 7.68. The average Bonchev–Trinajstić information content (AvgIpc) is 3.51. The molecule has 10 rings (SSSR count). The highest BCUT2D eigenvalue weighted by Gasteiger charge is 2.47.